The predicted octanol–water partition coefficient (Wildman–Crippen LogP) is 6.86. The summed E-state index contributed by atoms with van der Waals surface area (Å²) in [6, 6.07) is 26.2. The van der Waals surface area contributed by atoms with Crippen LogP contribution in [0.1, 0.15) is 29.7 Å². The number of nitrogens with zero attached hydrogens (tertiary/aromatic N) is 2. The Morgan fingerprint density at radius 2 is 1.71 bits per heavy atom. The van der Waals surface area contributed by atoms with Crippen molar-refractivity contribution in [1.82, 2.24) is 9.88 Å². The quantitative estimate of drug-likeness (QED) is 0.251. The lowest BCUT2D eigenvalue weighted by molar-refractivity contribution is -0.0576. The topological polar surface area (TPSA) is 46.6 Å². The van der Waals surface area contributed by atoms with Crippen LogP contribution in [0.25, 0.3) is 10.9 Å². The van der Waals surface area contributed by atoms with Gasteiger partial charge >= 0.3 is 0 Å². The number of fused-ring (bicyclic) bond motifs is 1. The molecule has 198 valence electrons. The molecule has 1 aliphatic rings. The average Bonchev–Trinajstić information content (AvgIpc) is 2.94. The number of anilines is 2. The van der Waals surface area contributed by atoms with Crippen LogP contribution in [0.15, 0.2) is 78.9 Å². The summed E-state index contributed by atoms with van der Waals surface area (Å²) in [6.45, 7) is 4.73. The summed E-state index contributed by atoms with van der Waals surface area (Å²) in [4.78, 5) is 7.03. The number of likely N-dealkylation sites (tertiary alicyclic amines) is 1. The lowest BCUT2D eigenvalue weighted by atomic mass is 9.85. The zero-order valence-corrected chi connectivity index (χ0v) is 22.3. The van der Waals surface area contributed by atoms with Crippen LogP contribution < -0.4 is 10.1 Å². The maximum absolute atomic E-state index is 13.7. The molecule has 0 radical (unpaired) electrons. The van der Waals surface area contributed by atoms with Crippen molar-refractivity contribution in [3.63, 3.8) is 0 Å². The van der Waals surface area contributed by atoms with E-state index in [9.17, 15) is 4.39 Å². The molecule has 3 aromatic carbocycles. The number of methoxy groups -OCH3 is 1. The highest BCUT2D eigenvalue weighted by Gasteiger charge is 2.34. The minimum atomic E-state index is -0.547. The van der Waals surface area contributed by atoms with E-state index >= 15 is 0 Å². The molecule has 0 aliphatic carbocycles. The van der Waals surface area contributed by atoms with Gasteiger partial charge in [0.15, 0.2) is 0 Å². The molecule has 1 saturated heterocycles. The minimum absolute atomic E-state index is 0.107. The number of aryl methyl sites for hydroxylation is 1. The fourth-order valence-corrected chi connectivity index (χ4v) is 5.36. The van der Waals surface area contributed by atoms with Gasteiger partial charge < -0.3 is 14.8 Å². The second kappa shape index (κ2) is 11.9. The first kappa shape index (κ1) is 26.1. The molecule has 0 atom stereocenters. The second-order valence-electron chi connectivity index (χ2n) is 10.2. The Morgan fingerprint density at radius 1 is 0.947 bits per heavy atom. The predicted molar refractivity (Wildman–Crippen MR) is 152 cm³/mol. The molecule has 6 heteroatoms. The fraction of sp³-hybridized carbons (Fsp3) is 0.344. The summed E-state index contributed by atoms with van der Waals surface area (Å²) in [6.07, 6.45) is 2.92. The van der Waals surface area contributed by atoms with Crippen molar-refractivity contribution in [2.45, 2.75) is 38.5 Å². The zero-order chi connectivity index (χ0) is 26.4. The van der Waals surface area contributed by atoms with Crippen LogP contribution in [0.4, 0.5) is 15.8 Å². The summed E-state index contributed by atoms with van der Waals surface area (Å²) >= 11 is 0. The molecule has 1 fully saturated rings. The number of piperidine rings is 1. The van der Waals surface area contributed by atoms with Crippen LogP contribution in [0.3, 0.4) is 0 Å². The molecule has 0 unspecified atom stereocenters. The van der Waals surface area contributed by atoms with Gasteiger partial charge in [-0.05, 0) is 55.2 Å². The molecule has 5 rings (SSSR count). The third-order valence-electron chi connectivity index (χ3n) is 7.49. The molecular weight excluding hydrogens is 477 g/mol. The molecule has 5 nitrogen and oxygen atoms in total. The maximum Gasteiger partial charge on any atom is 0.121 e. The SMILES string of the molecule is COC1(Cc2ccccc2)CCN(CCOc2cc(CF)cc(Nc3cc(C)nc4ccccc34)c2)CC1. The molecule has 38 heavy (non-hydrogen) atoms. The Labute approximate surface area is 224 Å². The van der Waals surface area contributed by atoms with E-state index < -0.39 is 6.67 Å². The molecule has 0 spiro atoms. The van der Waals surface area contributed by atoms with Gasteiger partial charge in [-0.25, -0.2) is 4.39 Å². The van der Waals surface area contributed by atoms with Crippen LogP contribution >= 0.6 is 0 Å². The van der Waals surface area contributed by atoms with Crippen LogP contribution in [-0.4, -0.2) is 48.8 Å². The van der Waals surface area contributed by atoms with Crippen molar-refractivity contribution in [3.05, 3.63) is 95.7 Å². The number of hydrogen-bond donors (Lipinski definition) is 1. The number of benzene rings is 3. The first-order valence-electron chi connectivity index (χ1n) is 13.3. The van der Waals surface area contributed by atoms with Crippen LogP contribution in [0.5, 0.6) is 5.75 Å². The van der Waals surface area contributed by atoms with Crippen molar-refractivity contribution in [3.8, 4) is 5.75 Å². The first-order chi connectivity index (χ1) is 18.6. The number of nitrogens with one attached hydrogen (secondary N) is 1. The van der Waals surface area contributed by atoms with Gasteiger partial charge in [0.2, 0.25) is 0 Å². The minimum Gasteiger partial charge on any atom is -0.492 e. The Morgan fingerprint density at radius 3 is 2.47 bits per heavy atom. The smallest absolute Gasteiger partial charge is 0.121 e. The number of halogens is 1. The van der Waals surface area contributed by atoms with Crippen LogP contribution in [-0.2, 0) is 17.8 Å². The maximum atomic E-state index is 13.7. The molecule has 1 aliphatic heterocycles. The van der Waals surface area contributed by atoms with Crippen molar-refractivity contribution < 1.29 is 13.9 Å². The largest absolute Gasteiger partial charge is 0.492 e. The standard InChI is InChI=1S/C32H36FN3O2/c1-24-18-31(29-10-6-7-11-30(29)34-24)35-27-19-26(23-33)20-28(21-27)38-17-16-36-14-12-32(37-2,13-15-36)22-25-8-4-3-5-9-25/h3-11,18-21H,12-17,22-23H2,1-2H3,(H,34,35). The van der Waals surface area contributed by atoms with Crippen molar-refractivity contribution in [1.29, 1.82) is 0 Å². The monoisotopic (exact) mass is 513 g/mol. The van der Waals surface area contributed by atoms with Crippen LogP contribution in [0.2, 0.25) is 0 Å². The van der Waals surface area contributed by atoms with Gasteiger partial charge in [0.25, 0.3) is 0 Å². The fourth-order valence-electron chi connectivity index (χ4n) is 5.36. The zero-order valence-electron chi connectivity index (χ0n) is 22.3. The molecule has 1 N–H and O–H groups in total. The highest BCUT2D eigenvalue weighted by molar-refractivity contribution is 5.93. The van der Waals surface area contributed by atoms with Gasteiger partial charge in [-0.15, -0.1) is 0 Å². The lowest BCUT2D eigenvalue weighted by Gasteiger charge is -2.41. The van der Waals surface area contributed by atoms with Gasteiger partial charge in [0.05, 0.1) is 11.1 Å². The summed E-state index contributed by atoms with van der Waals surface area (Å²) in [5.74, 6) is 0.671. The summed E-state index contributed by atoms with van der Waals surface area (Å²) in [5.41, 5.74) is 5.39. The van der Waals surface area contributed by atoms with E-state index in [2.05, 4.69) is 45.5 Å². The Balaban J connectivity index is 1.19. The number of hydrogen-bond acceptors (Lipinski definition) is 5. The van der Waals surface area contributed by atoms with Gasteiger partial charge in [-0.2, -0.15) is 0 Å². The highest BCUT2D eigenvalue weighted by atomic mass is 19.1. The number of aromatic nitrogens is 1. The van der Waals surface area contributed by atoms with E-state index in [0.29, 0.717) is 17.9 Å². The van der Waals surface area contributed by atoms with E-state index in [4.69, 9.17) is 9.47 Å². The van der Waals surface area contributed by atoms with Crippen molar-refractivity contribution >= 4 is 22.3 Å². The molecule has 0 amide bonds. The summed E-state index contributed by atoms with van der Waals surface area (Å²) in [7, 11) is 1.83. The number of alkyl halides is 1. The number of ether oxygens (including phenoxy) is 2. The van der Waals surface area contributed by atoms with Gasteiger partial charge in [-0.3, -0.25) is 9.88 Å². The Hall–Kier alpha value is -3.48. The van der Waals surface area contributed by atoms with Gasteiger partial charge in [0.1, 0.15) is 19.0 Å². The number of rotatable bonds is 10. The van der Waals surface area contributed by atoms with E-state index in [1.165, 1.54) is 5.56 Å². The van der Waals surface area contributed by atoms with E-state index in [1.807, 2.05) is 56.5 Å². The van der Waals surface area contributed by atoms with Gasteiger partial charge in [0, 0.05) is 61.7 Å². The molecule has 1 aromatic heterocycles. The molecule has 4 aromatic rings. The Kier molecular flexibility index (Phi) is 8.20. The van der Waals surface area contributed by atoms with Crippen LogP contribution in [0, 0.1) is 6.92 Å². The molecule has 2 heterocycles. The normalized spacial score (nSPS) is 15.4. The Bertz CT molecular complexity index is 1350. The second-order valence-corrected chi connectivity index (χ2v) is 10.2. The van der Waals surface area contributed by atoms with E-state index in [-0.39, 0.29) is 5.60 Å². The average molecular weight is 514 g/mol. The van der Waals surface area contributed by atoms with Crippen molar-refractivity contribution in [2.24, 2.45) is 0 Å². The molecule has 0 saturated carbocycles. The summed E-state index contributed by atoms with van der Waals surface area (Å²) in [5, 5.41) is 4.49. The number of para-hydroxylation sites is 1. The summed E-state index contributed by atoms with van der Waals surface area (Å²) < 4.78 is 25.8. The first-order valence-corrected chi connectivity index (χ1v) is 13.3. The third-order valence-corrected chi connectivity index (χ3v) is 7.49. The van der Waals surface area contributed by atoms with Crippen molar-refractivity contribution in [2.75, 3.05) is 38.7 Å². The van der Waals surface area contributed by atoms with Gasteiger partial charge in [-0.1, -0.05) is 48.5 Å². The lowest BCUT2D eigenvalue weighted by Crippen LogP contribution is -2.47. The van der Waals surface area contributed by atoms with E-state index in [0.717, 1.165) is 66.9 Å². The third kappa shape index (κ3) is 6.32. The molecule has 0 bridgehead atoms. The molecular formula is C32H36FN3O2. The number of pyridine rings is 1. The highest BCUT2D eigenvalue weighted by Crippen LogP contribution is 2.31. The van der Waals surface area contributed by atoms with E-state index in [1.54, 1.807) is 6.07 Å².